The maximum atomic E-state index is 11.0. The number of nitriles is 1. The van der Waals surface area contributed by atoms with Crippen molar-refractivity contribution in [2.75, 3.05) is 13.1 Å². The van der Waals surface area contributed by atoms with Crippen LogP contribution in [0, 0.1) is 11.8 Å². The number of nitrogens with one attached hydrogen (secondary N) is 1. The molecular weight excluding hydrogens is 236 g/mol. The Morgan fingerprint density at radius 3 is 2.47 bits per heavy atom. The zero-order valence-electron chi connectivity index (χ0n) is 11.6. The number of carbonyl (C=O) groups is 1. The highest BCUT2D eigenvalue weighted by Crippen LogP contribution is 2.23. The standard InChI is InChI=1S/C15H19NO.CHN/c1-11-7-8-16-10-15(11)14-5-3-13(4-6-14)9-12(2)17;1-2/h3-6,16H,7-10H2,1-2H3;1H. The number of ketones is 1. The summed E-state index contributed by atoms with van der Waals surface area (Å²) in [6.07, 6.45) is 1.67. The van der Waals surface area contributed by atoms with Crippen molar-refractivity contribution in [3.8, 4) is 6.57 Å². The molecule has 0 spiro atoms. The molecule has 1 aromatic carbocycles. The predicted molar refractivity (Wildman–Crippen MR) is 77.6 cm³/mol. The zero-order chi connectivity index (χ0) is 14.3. The summed E-state index contributed by atoms with van der Waals surface area (Å²) in [5.41, 5.74) is 5.26. The van der Waals surface area contributed by atoms with Crippen LogP contribution in [-0.2, 0) is 11.2 Å². The molecule has 0 aliphatic carbocycles. The number of nitrogens with zero attached hydrogens (tertiary/aromatic N) is 1. The van der Waals surface area contributed by atoms with E-state index in [1.807, 2.05) is 0 Å². The summed E-state index contributed by atoms with van der Waals surface area (Å²) < 4.78 is 0. The Bertz CT molecular complexity index is 483. The molecule has 0 saturated carbocycles. The molecule has 0 bridgehead atoms. The van der Waals surface area contributed by atoms with Crippen molar-refractivity contribution in [2.45, 2.75) is 26.7 Å². The zero-order valence-corrected chi connectivity index (χ0v) is 11.6. The van der Waals surface area contributed by atoms with Gasteiger partial charge >= 0.3 is 0 Å². The van der Waals surface area contributed by atoms with Crippen LogP contribution in [0.4, 0.5) is 0 Å². The summed E-state index contributed by atoms with van der Waals surface area (Å²) in [4.78, 5) is 11.0. The molecule has 3 nitrogen and oxygen atoms in total. The molecule has 0 unspecified atom stereocenters. The molecule has 0 amide bonds. The van der Waals surface area contributed by atoms with Crippen molar-refractivity contribution < 1.29 is 4.79 Å². The van der Waals surface area contributed by atoms with Gasteiger partial charge in [-0.2, -0.15) is 0 Å². The Kier molecular flexibility index (Phi) is 5.98. The highest BCUT2D eigenvalue weighted by atomic mass is 16.1. The second kappa shape index (κ2) is 7.50. The molecule has 1 heterocycles. The lowest BCUT2D eigenvalue weighted by Crippen LogP contribution is -2.23. The molecule has 1 aliphatic rings. The first kappa shape index (κ1) is 15.1. The molecule has 0 radical (unpaired) electrons. The van der Waals surface area contributed by atoms with Gasteiger partial charge in [-0.15, -0.1) is 0 Å². The van der Waals surface area contributed by atoms with Crippen molar-refractivity contribution >= 4 is 11.4 Å². The number of hydrogen-bond donors (Lipinski definition) is 1. The van der Waals surface area contributed by atoms with Crippen molar-refractivity contribution in [1.82, 2.24) is 5.32 Å². The van der Waals surface area contributed by atoms with Crippen LogP contribution in [0.1, 0.15) is 31.4 Å². The third-order valence-electron chi connectivity index (χ3n) is 3.25. The number of hydrogen-bond acceptors (Lipinski definition) is 3. The van der Waals surface area contributed by atoms with E-state index in [1.165, 1.54) is 16.7 Å². The quantitative estimate of drug-likeness (QED) is 0.904. The first-order chi connectivity index (χ1) is 9.16. The minimum absolute atomic E-state index is 0.215. The number of benzene rings is 1. The largest absolute Gasteiger partial charge is 0.312 e. The van der Waals surface area contributed by atoms with E-state index < -0.39 is 0 Å². The molecule has 0 aromatic heterocycles. The molecule has 1 aromatic rings. The van der Waals surface area contributed by atoms with Crippen LogP contribution in [-0.4, -0.2) is 18.9 Å². The summed E-state index contributed by atoms with van der Waals surface area (Å²) in [5.74, 6) is 0.215. The lowest BCUT2D eigenvalue weighted by molar-refractivity contribution is -0.116. The van der Waals surface area contributed by atoms with Crippen LogP contribution >= 0.6 is 0 Å². The molecule has 1 N–H and O–H groups in total. The van der Waals surface area contributed by atoms with Gasteiger partial charge in [-0.3, -0.25) is 4.79 Å². The SMILES string of the molecule is C#N.CC(=O)Cc1ccc(C2=C(C)CCNC2)cc1. The monoisotopic (exact) mass is 256 g/mol. The van der Waals surface area contributed by atoms with E-state index in [0.29, 0.717) is 6.42 Å². The summed E-state index contributed by atoms with van der Waals surface area (Å²) in [6.45, 7) is 9.38. The lowest BCUT2D eigenvalue weighted by Gasteiger charge is -2.19. The predicted octanol–water partition coefficient (Wildman–Crippen LogP) is 2.72. The maximum absolute atomic E-state index is 11.0. The summed E-state index contributed by atoms with van der Waals surface area (Å²) in [6, 6.07) is 8.38. The second-order valence-electron chi connectivity index (χ2n) is 4.76. The molecule has 100 valence electrons. The molecule has 0 atom stereocenters. The van der Waals surface area contributed by atoms with E-state index in [1.54, 1.807) is 6.92 Å². The van der Waals surface area contributed by atoms with Gasteiger partial charge in [0.2, 0.25) is 0 Å². The van der Waals surface area contributed by atoms with Crippen molar-refractivity contribution in [3.05, 3.63) is 41.0 Å². The Labute approximate surface area is 114 Å². The van der Waals surface area contributed by atoms with Crippen LogP contribution in [0.3, 0.4) is 0 Å². The smallest absolute Gasteiger partial charge is 0.134 e. The third kappa shape index (κ3) is 4.35. The van der Waals surface area contributed by atoms with Gasteiger partial charge in [0, 0.05) is 19.5 Å². The van der Waals surface area contributed by atoms with Crippen molar-refractivity contribution in [2.24, 2.45) is 0 Å². The van der Waals surface area contributed by atoms with Gasteiger partial charge in [-0.25, -0.2) is 5.26 Å². The molecule has 1 aliphatic heterocycles. The maximum Gasteiger partial charge on any atom is 0.134 e. The van der Waals surface area contributed by atoms with E-state index in [9.17, 15) is 4.79 Å². The van der Waals surface area contributed by atoms with Crippen LogP contribution in [0.2, 0.25) is 0 Å². The van der Waals surface area contributed by atoms with Gasteiger partial charge in [-0.1, -0.05) is 29.8 Å². The molecule has 2 rings (SSSR count). The summed E-state index contributed by atoms with van der Waals surface area (Å²) in [5, 5.41) is 9.90. The topological polar surface area (TPSA) is 52.9 Å². The second-order valence-corrected chi connectivity index (χ2v) is 4.76. The Balaban J connectivity index is 0.000000861. The Hall–Kier alpha value is -1.92. The summed E-state index contributed by atoms with van der Waals surface area (Å²) in [7, 11) is 0. The fourth-order valence-corrected chi connectivity index (χ4v) is 2.25. The van der Waals surface area contributed by atoms with E-state index in [-0.39, 0.29) is 5.78 Å². The van der Waals surface area contributed by atoms with Gasteiger partial charge in [0.05, 0.1) is 0 Å². The third-order valence-corrected chi connectivity index (χ3v) is 3.25. The van der Waals surface area contributed by atoms with E-state index in [2.05, 4.69) is 43.1 Å². The average Bonchev–Trinajstić information content (AvgIpc) is 2.42. The van der Waals surface area contributed by atoms with Crippen molar-refractivity contribution in [3.63, 3.8) is 0 Å². The molecule has 3 heteroatoms. The van der Waals surface area contributed by atoms with Gasteiger partial charge in [0.15, 0.2) is 0 Å². The molecular formula is C16H20N2O. The van der Waals surface area contributed by atoms with Crippen LogP contribution in [0.25, 0.3) is 5.57 Å². The number of rotatable bonds is 3. The average molecular weight is 256 g/mol. The molecule has 0 fully saturated rings. The lowest BCUT2D eigenvalue weighted by atomic mass is 9.95. The van der Waals surface area contributed by atoms with Gasteiger partial charge < -0.3 is 5.32 Å². The van der Waals surface area contributed by atoms with Crippen LogP contribution in [0.15, 0.2) is 29.8 Å². The van der Waals surface area contributed by atoms with Crippen LogP contribution in [0.5, 0.6) is 0 Å². The highest BCUT2D eigenvalue weighted by Gasteiger charge is 2.10. The van der Waals surface area contributed by atoms with Gasteiger partial charge in [0.1, 0.15) is 5.78 Å². The van der Waals surface area contributed by atoms with Crippen LogP contribution < -0.4 is 5.32 Å². The van der Waals surface area contributed by atoms with Gasteiger partial charge in [-0.05, 0) is 43.5 Å². The minimum Gasteiger partial charge on any atom is -0.312 e. The number of carbonyl (C=O) groups excluding carboxylic acids is 1. The first-order valence-corrected chi connectivity index (χ1v) is 6.41. The van der Waals surface area contributed by atoms with Gasteiger partial charge in [0.25, 0.3) is 0 Å². The fourth-order valence-electron chi connectivity index (χ4n) is 2.25. The number of Topliss-reactive ketones (excluding diaryl/α,β-unsaturated/α-hetero) is 1. The van der Waals surface area contributed by atoms with E-state index >= 15 is 0 Å². The molecule has 0 saturated heterocycles. The Morgan fingerprint density at radius 1 is 1.32 bits per heavy atom. The minimum atomic E-state index is 0.215. The highest BCUT2D eigenvalue weighted by molar-refractivity contribution is 5.78. The first-order valence-electron chi connectivity index (χ1n) is 6.41. The van der Waals surface area contributed by atoms with E-state index in [0.717, 1.165) is 25.1 Å². The summed E-state index contributed by atoms with van der Waals surface area (Å²) >= 11 is 0. The molecule has 19 heavy (non-hydrogen) atoms. The van der Waals surface area contributed by atoms with Crippen molar-refractivity contribution in [1.29, 1.82) is 5.26 Å². The fraction of sp³-hybridized carbons (Fsp3) is 0.375. The normalized spacial score (nSPS) is 14.5. The Morgan fingerprint density at radius 2 is 1.95 bits per heavy atom. The van der Waals surface area contributed by atoms with E-state index in [4.69, 9.17) is 5.26 Å².